The van der Waals surface area contributed by atoms with E-state index in [1.54, 1.807) is 6.07 Å². The molecule has 1 aliphatic carbocycles. The van der Waals surface area contributed by atoms with Gasteiger partial charge in [-0.1, -0.05) is 6.42 Å². The molecule has 0 bridgehead atoms. The molecule has 0 radical (unpaired) electrons. The van der Waals surface area contributed by atoms with E-state index in [9.17, 15) is 4.79 Å². The van der Waals surface area contributed by atoms with Crippen molar-refractivity contribution in [2.75, 3.05) is 0 Å². The standard InChI is InChI=1S/C11H14N2O3/c14-11(15)9-6-7-10(13-12-9)16-8-4-2-1-3-5-8/h6-8H,1-5H2,(H,14,15). The second kappa shape index (κ2) is 4.92. The molecule has 0 unspecified atom stereocenters. The first-order valence-corrected chi connectivity index (χ1v) is 5.49. The van der Waals surface area contributed by atoms with Crippen LogP contribution in [0.4, 0.5) is 0 Å². The highest BCUT2D eigenvalue weighted by Gasteiger charge is 2.15. The Morgan fingerprint density at radius 2 is 2.00 bits per heavy atom. The zero-order valence-corrected chi connectivity index (χ0v) is 8.93. The van der Waals surface area contributed by atoms with Crippen LogP contribution in [-0.2, 0) is 0 Å². The maximum atomic E-state index is 10.6. The molecule has 1 aliphatic rings. The van der Waals surface area contributed by atoms with Gasteiger partial charge >= 0.3 is 5.97 Å². The fourth-order valence-corrected chi connectivity index (χ4v) is 1.85. The van der Waals surface area contributed by atoms with Gasteiger partial charge < -0.3 is 9.84 Å². The van der Waals surface area contributed by atoms with Crippen molar-refractivity contribution in [2.24, 2.45) is 0 Å². The van der Waals surface area contributed by atoms with Gasteiger partial charge in [-0.15, -0.1) is 10.2 Å². The predicted molar refractivity (Wildman–Crippen MR) is 56.5 cm³/mol. The van der Waals surface area contributed by atoms with Crippen molar-refractivity contribution >= 4 is 5.97 Å². The highest BCUT2D eigenvalue weighted by Crippen LogP contribution is 2.21. The highest BCUT2D eigenvalue weighted by atomic mass is 16.5. The largest absolute Gasteiger partial charge is 0.476 e. The number of hydrogen-bond acceptors (Lipinski definition) is 4. The molecule has 0 atom stereocenters. The molecule has 1 fully saturated rings. The SMILES string of the molecule is O=C(O)c1ccc(OC2CCCCC2)nn1. The number of aromatic carboxylic acids is 1. The molecule has 1 aromatic rings. The molecular weight excluding hydrogens is 208 g/mol. The van der Waals surface area contributed by atoms with Crippen LogP contribution in [0.1, 0.15) is 42.6 Å². The van der Waals surface area contributed by atoms with Crippen molar-refractivity contribution in [3.63, 3.8) is 0 Å². The zero-order valence-electron chi connectivity index (χ0n) is 8.93. The number of hydrogen-bond donors (Lipinski definition) is 1. The molecule has 5 heteroatoms. The summed E-state index contributed by atoms with van der Waals surface area (Å²) >= 11 is 0. The Labute approximate surface area is 93.5 Å². The molecular formula is C11H14N2O3. The minimum atomic E-state index is -1.07. The monoisotopic (exact) mass is 222 g/mol. The third kappa shape index (κ3) is 2.68. The fourth-order valence-electron chi connectivity index (χ4n) is 1.85. The van der Waals surface area contributed by atoms with Gasteiger partial charge in [-0.2, -0.15) is 0 Å². The molecule has 0 aromatic carbocycles. The van der Waals surface area contributed by atoms with Crippen LogP contribution in [0.3, 0.4) is 0 Å². The summed E-state index contributed by atoms with van der Waals surface area (Å²) in [6, 6.07) is 2.97. The van der Waals surface area contributed by atoms with Gasteiger partial charge in [-0.25, -0.2) is 4.79 Å². The van der Waals surface area contributed by atoms with Gasteiger partial charge in [0.15, 0.2) is 5.69 Å². The molecule has 0 amide bonds. The summed E-state index contributed by atoms with van der Waals surface area (Å²) in [5, 5.41) is 16.0. The predicted octanol–water partition coefficient (Wildman–Crippen LogP) is 1.89. The second-order valence-electron chi connectivity index (χ2n) is 3.94. The lowest BCUT2D eigenvalue weighted by molar-refractivity contribution is 0.0688. The number of carboxylic acids is 1. The van der Waals surface area contributed by atoms with E-state index in [0.29, 0.717) is 5.88 Å². The Balaban J connectivity index is 1.96. The van der Waals surface area contributed by atoms with Crippen molar-refractivity contribution in [1.82, 2.24) is 10.2 Å². The molecule has 2 rings (SSSR count). The molecule has 0 saturated heterocycles. The van der Waals surface area contributed by atoms with Gasteiger partial charge in [0, 0.05) is 6.07 Å². The zero-order chi connectivity index (χ0) is 11.4. The third-order valence-electron chi connectivity index (χ3n) is 2.70. The number of carbonyl (C=O) groups is 1. The fraction of sp³-hybridized carbons (Fsp3) is 0.545. The van der Waals surface area contributed by atoms with Crippen LogP contribution in [0, 0.1) is 0 Å². The van der Waals surface area contributed by atoms with E-state index in [4.69, 9.17) is 9.84 Å². The van der Waals surface area contributed by atoms with Crippen LogP contribution in [0.2, 0.25) is 0 Å². The van der Waals surface area contributed by atoms with E-state index in [2.05, 4.69) is 10.2 Å². The molecule has 1 saturated carbocycles. The van der Waals surface area contributed by atoms with E-state index in [1.165, 1.54) is 25.3 Å². The van der Waals surface area contributed by atoms with Crippen LogP contribution in [0.25, 0.3) is 0 Å². The number of carboxylic acid groups (broad SMARTS) is 1. The molecule has 1 aromatic heterocycles. The lowest BCUT2D eigenvalue weighted by atomic mass is 9.98. The first-order chi connectivity index (χ1) is 7.75. The summed E-state index contributed by atoms with van der Waals surface area (Å²) in [6.07, 6.45) is 5.93. The van der Waals surface area contributed by atoms with Gasteiger partial charge in [-0.05, 0) is 31.7 Å². The second-order valence-corrected chi connectivity index (χ2v) is 3.94. The van der Waals surface area contributed by atoms with Crippen LogP contribution in [0.5, 0.6) is 5.88 Å². The summed E-state index contributed by atoms with van der Waals surface area (Å²) in [5.41, 5.74) is -0.0593. The first-order valence-electron chi connectivity index (χ1n) is 5.49. The summed E-state index contributed by atoms with van der Waals surface area (Å²) in [7, 11) is 0. The van der Waals surface area contributed by atoms with Crippen LogP contribution in [0.15, 0.2) is 12.1 Å². The van der Waals surface area contributed by atoms with Gasteiger partial charge in [0.2, 0.25) is 5.88 Å². The minimum absolute atomic E-state index is 0.0593. The van der Waals surface area contributed by atoms with Crippen molar-refractivity contribution in [3.8, 4) is 5.88 Å². The van der Waals surface area contributed by atoms with Crippen molar-refractivity contribution in [1.29, 1.82) is 0 Å². The van der Waals surface area contributed by atoms with E-state index in [-0.39, 0.29) is 11.8 Å². The van der Waals surface area contributed by atoms with Crippen LogP contribution in [-0.4, -0.2) is 27.4 Å². The lowest BCUT2D eigenvalue weighted by Crippen LogP contribution is -2.20. The molecule has 5 nitrogen and oxygen atoms in total. The van der Waals surface area contributed by atoms with E-state index in [0.717, 1.165) is 12.8 Å². The van der Waals surface area contributed by atoms with Crippen molar-refractivity contribution < 1.29 is 14.6 Å². The maximum Gasteiger partial charge on any atom is 0.356 e. The molecule has 1 N–H and O–H groups in total. The van der Waals surface area contributed by atoms with Gasteiger partial charge in [-0.3, -0.25) is 0 Å². The average molecular weight is 222 g/mol. The Bertz CT molecular complexity index is 358. The normalized spacial score (nSPS) is 17.0. The molecule has 86 valence electrons. The summed E-state index contributed by atoms with van der Waals surface area (Å²) in [5.74, 6) is -0.659. The quantitative estimate of drug-likeness (QED) is 0.845. The summed E-state index contributed by atoms with van der Waals surface area (Å²) in [4.78, 5) is 10.6. The van der Waals surface area contributed by atoms with Crippen LogP contribution < -0.4 is 4.74 Å². The summed E-state index contributed by atoms with van der Waals surface area (Å²) < 4.78 is 5.62. The smallest absolute Gasteiger partial charge is 0.356 e. The molecule has 0 spiro atoms. The van der Waals surface area contributed by atoms with Crippen LogP contribution >= 0.6 is 0 Å². The Kier molecular flexibility index (Phi) is 3.34. The highest BCUT2D eigenvalue weighted by molar-refractivity contribution is 5.84. The topological polar surface area (TPSA) is 72.3 Å². The third-order valence-corrected chi connectivity index (χ3v) is 2.70. The Morgan fingerprint density at radius 1 is 1.25 bits per heavy atom. The molecule has 16 heavy (non-hydrogen) atoms. The first kappa shape index (κ1) is 10.9. The molecule has 1 heterocycles. The molecule has 0 aliphatic heterocycles. The lowest BCUT2D eigenvalue weighted by Gasteiger charge is -2.21. The van der Waals surface area contributed by atoms with Gasteiger partial charge in [0.25, 0.3) is 0 Å². The van der Waals surface area contributed by atoms with Crippen molar-refractivity contribution in [2.45, 2.75) is 38.2 Å². The van der Waals surface area contributed by atoms with E-state index >= 15 is 0 Å². The Hall–Kier alpha value is -1.65. The average Bonchev–Trinajstić information content (AvgIpc) is 2.31. The van der Waals surface area contributed by atoms with Crippen molar-refractivity contribution in [3.05, 3.63) is 17.8 Å². The summed E-state index contributed by atoms with van der Waals surface area (Å²) in [6.45, 7) is 0. The Morgan fingerprint density at radius 3 is 2.56 bits per heavy atom. The van der Waals surface area contributed by atoms with Gasteiger partial charge in [0.1, 0.15) is 6.10 Å². The van der Waals surface area contributed by atoms with E-state index < -0.39 is 5.97 Å². The number of nitrogens with zero attached hydrogens (tertiary/aromatic N) is 2. The van der Waals surface area contributed by atoms with E-state index in [1.807, 2.05) is 0 Å². The maximum absolute atomic E-state index is 10.6. The minimum Gasteiger partial charge on any atom is -0.476 e. The van der Waals surface area contributed by atoms with Gasteiger partial charge in [0.05, 0.1) is 0 Å². The number of aromatic nitrogens is 2. The number of ether oxygens (including phenoxy) is 1. The number of rotatable bonds is 3.